The van der Waals surface area contributed by atoms with Crippen molar-refractivity contribution in [3.05, 3.63) is 31.1 Å². The van der Waals surface area contributed by atoms with Gasteiger partial charge in [-0.1, -0.05) is 0 Å². The number of nitrogens with one attached hydrogen (secondary N) is 1. The lowest BCUT2D eigenvalue weighted by atomic mass is 10.4. The Balaban J connectivity index is 0. The summed E-state index contributed by atoms with van der Waals surface area (Å²) >= 11 is 0. The van der Waals surface area contributed by atoms with Crippen molar-refractivity contribution in [2.45, 2.75) is 0 Å². The average Bonchev–Trinajstić information content (AvgIpc) is 2.90. The topological polar surface area (TPSA) is 96.8 Å². The minimum absolute atomic E-state index is 0.0694. The van der Waals surface area contributed by atoms with Crippen LogP contribution in [0.1, 0.15) is 0 Å². The van der Waals surface area contributed by atoms with Gasteiger partial charge in [0, 0.05) is 32.0 Å². The van der Waals surface area contributed by atoms with Crippen LogP contribution in [0.25, 0.3) is 0 Å². The van der Waals surface area contributed by atoms with Crippen LogP contribution < -0.4 is 0 Å². The van der Waals surface area contributed by atoms with E-state index in [1.807, 2.05) is 24.5 Å². The Morgan fingerprint density at radius 2 is 1.33 bits per heavy atom. The molecule has 0 aromatic carbocycles. The molecule has 0 unspecified atom stereocenters. The summed E-state index contributed by atoms with van der Waals surface area (Å²) in [6.45, 7) is 4.43. The van der Waals surface area contributed by atoms with Gasteiger partial charge in [-0.15, -0.1) is 0 Å². The van der Waals surface area contributed by atoms with Gasteiger partial charge >= 0.3 is 0 Å². The van der Waals surface area contributed by atoms with Gasteiger partial charge in [-0.05, 0) is 18.7 Å². The summed E-state index contributed by atoms with van der Waals surface area (Å²) in [5.74, 6) is 1.25. The standard InChI is InChI=1S/C6H15NO3.C4H5N.C2H2O/c8-4-1-7(2-5-9)3-6-10;1-2-4-5-3-1;1-2-3/h8-10H,1-6H2;1-5H;1H2. The molecule has 0 spiro atoms. The maximum atomic E-state index is 8.57. The van der Waals surface area contributed by atoms with Crippen LogP contribution in [0.5, 0.6) is 0 Å². The second-order valence-electron chi connectivity index (χ2n) is 3.04. The zero-order chi connectivity index (χ0) is 14.1. The summed E-state index contributed by atoms with van der Waals surface area (Å²) < 4.78 is 0. The summed E-state index contributed by atoms with van der Waals surface area (Å²) in [5, 5.41) is 25.5. The molecule has 1 heterocycles. The molecule has 0 aliphatic rings. The van der Waals surface area contributed by atoms with Gasteiger partial charge in [0.05, 0.1) is 19.8 Å². The fourth-order valence-corrected chi connectivity index (χ4v) is 1.04. The first-order valence-electron chi connectivity index (χ1n) is 5.53. The van der Waals surface area contributed by atoms with Gasteiger partial charge in [0.15, 0.2) is 0 Å². The third-order valence-corrected chi connectivity index (χ3v) is 1.74. The second-order valence-corrected chi connectivity index (χ2v) is 3.04. The van der Waals surface area contributed by atoms with Gasteiger partial charge in [0.25, 0.3) is 0 Å². The molecule has 1 aromatic heterocycles. The summed E-state index contributed by atoms with van der Waals surface area (Å²) in [7, 11) is 0. The molecule has 6 nitrogen and oxygen atoms in total. The molecule has 6 heteroatoms. The van der Waals surface area contributed by atoms with E-state index in [4.69, 9.17) is 20.1 Å². The molecule has 0 atom stereocenters. The highest BCUT2D eigenvalue weighted by atomic mass is 16.3. The van der Waals surface area contributed by atoms with Crippen molar-refractivity contribution in [3.63, 3.8) is 0 Å². The van der Waals surface area contributed by atoms with Crippen molar-refractivity contribution >= 4 is 5.94 Å². The molecule has 0 saturated heterocycles. The van der Waals surface area contributed by atoms with Crippen LogP contribution >= 0.6 is 0 Å². The molecule has 0 bridgehead atoms. The lowest BCUT2D eigenvalue weighted by molar-refractivity contribution is 0.136. The average molecular weight is 258 g/mol. The lowest BCUT2D eigenvalue weighted by Gasteiger charge is -2.17. The second kappa shape index (κ2) is 17.9. The molecule has 1 aromatic rings. The monoisotopic (exact) mass is 258 g/mol. The fourth-order valence-electron chi connectivity index (χ4n) is 1.04. The van der Waals surface area contributed by atoms with Crippen molar-refractivity contribution in [2.24, 2.45) is 0 Å². The van der Waals surface area contributed by atoms with Crippen LogP contribution in [0, 0.1) is 0 Å². The third kappa shape index (κ3) is 17.0. The Labute approximate surface area is 107 Å². The van der Waals surface area contributed by atoms with Gasteiger partial charge < -0.3 is 20.3 Å². The minimum Gasteiger partial charge on any atom is -0.395 e. The maximum Gasteiger partial charge on any atom is 0.116 e. The van der Waals surface area contributed by atoms with Crippen molar-refractivity contribution in [2.75, 3.05) is 39.5 Å². The van der Waals surface area contributed by atoms with Gasteiger partial charge in [0.2, 0.25) is 0 Å². The van der Waals surface area contributed by atoms with E-state index in [-0.39, 0.29) is 19.8 Å². The van der Waals surface area contributed by atoms with E-state index in [0.29, 0.717) is 19.6 Å². The molecule has 0 radical (unpaired) electrons. The normalized spacial score (nSPS) is 8.67. The molecule has 1 rings (SSSR count). The van der Waals surface area contributed by atoms with Crippen molar-refractivity contribution in [1.82, 2.24) is 9.88 Å². The summed E-state index contributed by atoms with van der Waals surface area (Å²) in [5.41, 5.74) is 0. The number of rotatable bonds is 6. The molecule has 0 aliphatic carbocycles. The van der Waals surface area contributed by atoms with E-state index in [0.717, 1.165) is 0 Å². The highest BCUT2D eigenvalue weighted by molar-refractivity contribution is 5.38. The zero-order valence-corrected chi connectivity index (χ0v) is 10.5. The van der Waals surface area contributed by atoms with Crippen LogP contribution in [0.2, 0.25) is 0 Å². The highest BCUT2D eigenvalue weighted by Gasteiger charge is 2.00. The van der Waals surface area contributed by atoms with E-state index in [1.54, 1.807) is 4.90 Å². The fraction of sp³-hybridized carbons (Fsp3) is 0.500. The Bertz CT molecular complexity index is 228. The molecule has 18 heavy (non-hydrogen) atoms. The maximum absolute atomic E-state index is 8.57. The molecule has 0 fully saturated rings. The van der Waals surface area contributed by atoms with Gasteiger partial charge in [-0.3, -0.25) is 4.90 Å². The van der Waals surface area contributed by atoms with Gasteiger partial charge in [0.1, 0.15) is 5.94 Å². The number of hydrogen-bond acceptors (Lipinski definition) is 5. The van der Waals surface area contributed by atoms with Crippen molar-refractivity contribution < 1.29 is 20.1 Å². The van der Waals surface area contributed by atoms with E-state index < -0.39 is 0 Å². The molecule has 0 amide bonds. The summed E-state index contributed by atoms with van der Waals surface area (Å²) in [6, 6.07) is 3.89. The first-order chi connectivity index (χ1) is 8.76. The van der Waals surface area contributed by atoms with Crippen molar-refractivity contribution in [1.29, 1.82) is 0 Å². The van der Waals surface area contributed by atoms with Crippen LogP contribution in [0.4, 0.5) is 0 Å². The first-order valence-corrected chi connectivity index (χ1v) is 5.53. The molecule has 0 aliphatic heterocycles. The van der Waals surface area contributed by atoms with E-state index >= 15 is 0 Å². The van der Waals surface area contributed by atoms with E-state index in [1.165, 1.54) is 5.94 Å². The molecular formula is C12H22N2O4. The number of carbonyl (C=O) groups excluding carboxylic acids is 1. The SMILES string of the molecule is C=C=O.OCCN(CCO)CCO.c1cc[nH]c1. The summed E-state index contributed by atoms with van der Waals surface area (Å²) in [6.07, 6.45) is 3.75. The van der Waals surface area contributed by atoms with E-state index in [9.17, 15) is 0 Å². The van der Waals surface area contributed by atoms with Gasteiger partial charge in [-0.25, -0.2) is 4.79 Å². The number of nitrogens with zero attached hydrogens (tertiary/aromatic N) is 1. The molecule has 4 N–H and O–H groups in total. The number of hydrogen-bond donors (Lipinski definition) is 4. The van der Waals surface area contributed by atoms with Crippen LogP contribution in [0.15, 0.2) is 31.1 Å². The Morgan fingerprint density at radius 3 is 1.50 bits per heavy atom. The zero-order valence-electron chi connectivity index (χ0n) is 10.5. The molecular weight excluding hydrogens is 236 g/mol. The Hall–Kier alpha value is -1.43. The number of aliphatic hydroxyl groups excluding tert-OH is 3. The minimum atomic E-state index is 0.0694. The highest BCUT2D eigenvalue weighted by Crippen LogP contribution is 1.84. The number of aromatic amines is 1. The van der Waals surface area contributed by atoms with Crippen LogP contribution in [0.3, 0.4) is 0 Å². The number of aromatic nitrogens is 1. The summed E-state index contributed by atoms with van der Waals surface area (Å²) in [4.78, 5) is 13.2. The quantitative estimate of drug-likeness (QED) is 0.505. The molecule has 0 saturated carbocycles. The third-order valence-electron chi connectivity index (χ3n) is 1.74. The number of aliphatic hydroxyl groups is 3. The predicted octanol–water partition coefficient (Wildman–Crippen LogP) is -0.716. The Kier molecular flexibility index (Phi) is 18.9. The largest absolute Gasteiger partial charge is 0.395 e. The lowest BCUT2D eigenvalue weighted by Crippen LogP contribution is -2.32. The van der Waals surface area contributed by atoms with Gasteiger partial charge in [-0.2, -0.15) is 0 Å². The van der Waals surface area contributed by atoms with Crippen molar-refractivity contribution in [3.8, 4) is 0 Å². The smallest absolute Gasteiger partial charge is 0.116 e. The first kappa shape index (κ1) is 18.9. The Morgan fingerprint density at radius 1 is 1.00 bits per heavy atom. The van der Waals surface area contributed by atoms with Crippen LogP contribution in [-0.4, -0.2) is 70.6 Å². The predicted molar refractivity (Wildman–Crippen MR) is 69.8 cm³/mol. The van der Waals surface area contributed by atoms with Crippen LogP contribution in [-0.2, 0) is 4.79 Å². The van der Waals surface area contributed by atoms with E-state index in [2.05, 4.69) is 11.6 Å². The molecule has 104 valence electrons. The number of H-pyrrole nitrogens is 1.